The number of fused-ring (bicyclic) bond motifs is 12. The molecule has 0 N–H and O–H groups in total. The number of furan rings is 1. The van der Waals surface area contributed by atoms with Crippen molar-refractivity contribution in [1.82, 2.24) is 9.13 Å². The van der Waals surface area contributed by atoms with Crippen molar-refractivity contribution in [2.45, 2.75) is 19.3 Å². The van der Waals surface area contributed by atoms with Gasteiger partial charge in [0.2, 0.25) is 0 Å². The molecule has 0 saturated heterocycles. The Balaban J connectivity index is 1.43. The average Bonchev–Trinajstić information content (AvgIpc) is 3.67. The highest BCUT2D eigenvalue weighted by molar-refractivity contribution is 6.30. The number of nitrogens with zero attached hydrogens (tertiary/aromatic N) is 2. The SMILES string of the molecule is CC1(C)c2ccccc2-n2c3ccccc3c3c4c5ccccc5n(-c5ccc6c(c5)oc5ccccc56)c4cc1c32. The van der Waals surface area contributed by atoms with Crippen molar-refractivity contribution in [1.29, 1.82) is 0 Å². The van der Waals surface area contributed by atoms with E-state index in [9.17, 15) is 0 Å². The molecule has 198 valence electrons. The normalized spacial score (nSPS) is 14.1. The first-order valence-electron chi connectivity index (χ1n) is 14.6. The van der Waals surface area contributed by atoms with E-state index in [-0.39, 0.29) is 5.41 Å². The predicted octanol–water partition coefficient (Wildman–Crippen LogP) is 10.4. The lowest BCUT2D eigenvalue weighted by molar-refractivity contribution is 0.631. The number of aromatic nitrogens is 2. The summed E-state index contributed by atoms with van der Waals surface area (Å²) in [6, 6.07) is 44.1. The van der Waals surface area contributed by atoms with E-state index in [0.29, 0.717) is 0 Å². The fourth-order valence-corrected chi connectivity index (χ4v) is 7.81. The molecule has 0 unspecified atom stereocenters. The molecule has 0 bridgehead atoms. The van der Waals surface area contributed by atoms with E-state index in [2.05, 4.69) is 132 Å². The third kappa shape index (κ3) is 2.58. The van der Waals surface area contributed by atoms with Gasteiger partial charge in [-0.05, 0) is 53.6 Å². The quantitative estimate of drug-likeness (QED) is 0.204. The molecule has 0 fully saturated rings. The maximum atomic E-state index is 6.36. The van der Waals surface area contributed by atoms with Gasteiger partial charge in [-0.3, -0.25) is 0 Å². The molecule has 42 heavy (non-hydrogen) atoms. The van der Waals surface area contributed by atoms with Crippen LogP contribution in [-0.2, 0) is 5.41 Å². The van der Waals surface area contributed by atoms with Crippen LogP contribution in [0.3, 0.4) is 0 Å². The molecule has 9 aromatic rings. The largest absolute Gasteiger partial charge is 0.456 e. The van der Waals surface area contributed by atoms with Crippen LogP contribution < -0.4 is 0 Å². The summed E-state index contributed by atoms with van der Waals surface area (Å²) < 4.78 is 11.3. The van der Waals surface area contributed by atoms with Gasteiger partial charge in [-0.2, -0.15) is 0 Å². The maximum absolute atomic E-state index is 6.36. The van der Waals surface area contributed by atoms with Gasteiger partial charge < -0.3 is 13.6 Å². The van der Waals surface area contributed by atoms with Gasteiger partial charge >= 0.3 is 0 Å². The monoisotopic (exact) mass is 538 g/mol. The Hall–Kier alpha value is -5.28. The molecule has 0 amide bonds. The van der Waals surface area contributed by atoms with E-state index in [1.165, 1.54) is 60.4 Å². The van der Waals surface area contributed by atoms with E-state index in [0.717, 1.165) is 27.6 Å². The highest BCUT2D eigenvalue weighted by Crippen LogP contribution is 2.51. The Kier molecular flexibility index (Phi) is 4.01. The summed E-state index contributed by atoms with van der Waals surface area (Å²) in [6.45, 7) is 4.75. The van der Waals surface area contributed by atoms with Gasteiger partial charge in [-0.15, -0.1) is 0 Å². The number of para-hydroxylation sites is 4. The molecule has 1 aliphatic rings. The van der Waals surface area contributed by atoms with E-state index in [1.54, 1.807) is 0 Å². The summed E-state index contributed by atoms with van der Waals surface area (Å²) in [5.74, 6) is 0. The number of hydrogen-bond donors (Lipinski definition) is 0. The predicted molar refractivity (Wildman–Crippen MR) is 175 cm³/mol. The summed E-state index contributed by atoms with van der Waals surface area (Å²) in [5.41, 5.74) is 11.8. The Morgan fingerprint density at radius 2 is 1.14 bits per heavy atom. The molecule has 1 aliphatic heterocycles. The summed E-state index contributed by atoms with van der Waals surface area (Å²) in [4.78, 5) is 0. The molecule has 0 aliphatic carbocycles. The zero-order chi connectivity index (χ0) is 27.7. The molecule has 0 atom stereocenters. The van der Waals surface area contributed by atoms with Crippen LogP contribution in [0.5, 0.6) is 0 Å². The van der Waals surface area contributed by atoms with E-state index in [4.69, 9.17) is 4.42 Å². The minimum atomic E-state index is -0.169. The van der Waals surface area contributed by atoms with Gasteiger partial charge in [0.05, 0.1) is 27.8 Å². The molecule has 4 heterocycles. The molecule has 6 aromatic carbocycles. The molecule has 0 spiro atoms. The zero-order valence-corrected chi connectivity index (χ0v) is 23.3. The molecular formula is C39H26N2O. The van der Waals surface area contributed by atoms with E-state index >= 15 is 0 Å². The van der Waals surface area contributed by atoms with E-state index in [1.807, 2.05) is 12.1 Å². The lowest BCUT2D eigenvalue weighted by Crippen LogP contribution is -2.26. The van der Waals surface area contributed by atoms with Crippen molar-refractivity contribution in [2.75, 3.05) is 0 Å². The lowest BCUT2D eigenvalue weighted by atomic mass is 9.74. The van der Waals surface area contributed by atoms with Crippen LogP contribution in [0.15, 0.2) is 126 Å². The Labute approximate surface area is 241 Å². The lowest BCUT2D eigenvalue weighted by Gasteiger charge is -2.35. The molecular weight excluding hydrogens is 512 g/mol. The van der Waals surface area contributed by atoms with Gasteiger partial charge in [0, 0.05) is 49.5 Å². The van der Waals surface area contributed by atoms with Gasteiger partial charge in [-0.25, -0.2) is 0 Å². The van der Waals surface area contributed by atoms with Crippen molar-refractivity contribution in [3.8, 4) is 11.4 Å². The standard InChI is InChI=1S/C39H26N2O/c1-39(2)28-14-6-9-17-32(28)41-31-16-8-4-13-27(31)37-36-26-12-3-7-15-30(26)40(33(36)22-29(39)38(37)41)23-19-20-25-24-11-5-10-18-34(24)42-35(25)21-23/h3-22H,1-2H3. The minimum Gasteiger partial charge on any atom is -0.456 e. The van der Waals surface area contributed by atoms with Crippen LogP contribution >= 0.6 is 0 Å². The van der Waals surface area contributed by atoms with Crippen molar-refractivity contribution < 1.29 is 4.42 Å². The number of rotatable bonds is 1. The summed E-state index contributed by atoms with van der Waals surface area (Å²) in [5, 5.41) is 7.50. The minimum absolute atomic E-state index is 0.169. The number of hydrogen-bond acceptors (Lipinski definition) is 1. The fourth-order valence-electron chi connectivity index (χ4n) is 7.81. The zero-order valence-electron chi connectivity index (χ0n) is 23.3. The second kappa shape index (κ2) is 7.51. The Morgan fingerprint density at radius 3 is 1.98 bits per heavy atom. The molecule has 3 aromatic heterocycles. The van der Waals surface area contributed by atoms with Crippen molar-refractivity contribution in [2.24, 2.45) is 0 Å². The van der Waals surface area contributed by atoms with Crippen LogP contribution in [0.25, 0.3) is 76.9 Å². The van der Waals surface area contributed by atoms with Crippen molar-refractivity contribution in [3.63, 3.8) is 0 Å². The fraction of sp³-hybridized carbons (Fsp3) is 0.0769. The smallest absolute Gasteiger partial charge is 0.137 e. The maximum Gasteiger partial charge on any atom is 0.137 e. The molecule has 10 rings (SSSR count). The van der Waals surface area contributed by atoms with Crippen LogP contribution in [0.1, 0.15) is 25.0 Å². The Bertz CT molecular complexity index is 2610. The van der Waals surface area contributed by atoms with Crippen molar-refractivity contribution in [3.05, 3.63) is 132 Å². The molecule has 0 saturated carbocycles. The first kappa shape index (κ1) is 22.4. The van der Waals surface area contributed by atoms with Gasteiger partial charge in [0.25, 0.3) is 0 Å². The molecule has 3 heteroatoms. The first-order valence-corrected chi connectivity index (χ1v) is 14.6. The van der Waals surface area contributed by atoms with Gasteiger partial charge in [0.1, 0.15) is 11.2 Å². The summed E-state index contributed by atoms with van der Waals surface area (Å²) in [6.07, 6.45) is 0. The highest BCUT2D eigenvalue weighted by Gasteiger charge is 2.36. The summed E-state index contributed by atoms with van der Waals surface area (Å²) >= 11 is 0. The topological polar surface area (TPSA) is 23.0 Å². The number of benzene rings is 6. The molecule has 0 radical (unpaired) electrons. The van der Waals surface area contributed by atoms with E-state index < -0.39 is 0 Å². The summed E-state index contributed by atoms with van der Waals surface area (Å²) in [7, 11) is 0. The first-order chi connectivity index (χ1) is 20.6. The van der Waals surface area contributed by atoms with Gasteiger partial charge in [0.15, 0.2) is 0 Å². The highest BCUT2D eigenvalue weighted by atomic mass is 16.3. The van der Waals surface area contributed by atoms with Crippen LogP contribution in [0.4, 0.5) is 0 Å². The van der Waals surface area contributed by atoms with Crippen LogP contribution in [0.2, 0.25) is 0 Å². The second-order valence-electron chi connectivity index (χ2n) is 12.2. The third-order valence-electron chi connectivity index (χ3n) is 9.68. The Morgan fingerprint density at radius 1 is 0.500 bits per heavy atom. The average molecular weight is 539 g/mol. The third-order valence-corrected chi connectivity index (χ3v) is 9.68. The van der Waals surface area contributed by atoms with Crippen molar-refractivity contribution >= 4 is 65.6 Å². The second-order valence-corrected chi connectivity index (χ2v) is 12.2. The molecule has 3 nitrogen and oxygen atoms in total. The van der Waals surface area contributed by atoms with Crippen LogP contribution in [-0.4, -0.2) is 9.13 Å². The van der Waals surface area contributed by atoms with Gasteiger partial charge in [-0.1, -0.05) is 86.6 Å². The van der Waals surface area contributed by atoms with Crippen LogP contribution in [0, 0.1) is 0 Å².